The number of alkyl halides is 1. The smallest absolute Gasteiger partial charge is 0.316 e. The van der Waals surface area contributed by atoms with Crippen molar-refractivity contribution in [3.05, 3.63) is 24.3 Å². The third-order valence-electron chi connectivity index (χ3n) is 3.12. The quantitative estimate of drug-likeness (QED) is 0.365. The fraction of sp³-hybridized carbons (Fsp3) is 0.706. The molecule has 0 aliphatic rings. The molecule has 0 aromatic rings. The van der Waals surface area contributed by atoms with Gasteiger partial charge in [0.2, 0.25) is 0 Å². The zero-order valence-electron chi connectivity index (χ0n) is 13.3. The van der Waals surface area contributed by atoms with E-state index in [1.165, 1.54) is 31.0 Å². The van der Waals surface area contributed by atoms with Gasteiger partial charge in [-0.2, -0.15) is 0 Å². The first-order valence-electron chi connectivity index (χ1n) is 7.86. The second-order valence-corrected chi connectivity index (χ2v) is 6.60. The lowest BCUT2D eigenvalue weighted by atomic mass is 10.2. The van der Waals surface area contributed by atoms with Gasteiger partial charge in [-0.15, -0.1) is 11.8 Å². The number of carboxylic acids is 1. The highest BCUT2D eigenvalue weighted by molar-refractivity contribution is 8.00. The molecular formula is C17H29FO2S. The highest BCUT2D eigenvalue weighted by atomic mass is 32.2. The van der Waals surface area contributed by atoms with Crippen LogP contribution in [0.5, 0.6) is 0 Å². The third kappa shape index (κ3) is 13.9. The standard InChI is InChI=1S/C17H29FO2S/c1-3-4-5-6-7-8-9-10-11-12-16(18)13-14-21-15(2)17(19)20/h7-8,10-11,15-16H,3-6,9,12-14H2,1-2H3,(H,19,20)/b8-7-,11-10-/i18-1. The minimum atomic E-state index is -0.872. The van der Waals surface area contributed by atoms with Crippen LogP contribution in [0, 0.1) is 0 Å². The molecule has 0 amide bonds. The molecule has 0 aliphatic carbocycles. The van der Waals surface area contributed by atoms with Crippen LogP contribution in [-0.4, -0.2) is 28.3 Å². The Labute approximate surface area is 132 Å². The zero-order valence-corrected chi connectivity index (χ0v) is 14.1. The number of hydrogen-bond acceptors (Lipinski definition) is 2. The molecule has 0 saturated carbocycles. The maximum atomic E-state index is 13.5. The molecule has 0 bridgehead atoms. The van der Waals surface area contributed by atoms with Crippen LogP contribution in [0.2, 0.25) is 0 Å². The van der Waals surface area contributed by atoms with Crippen molar-refractivity contribution in [3.8, 4) is 0 Å². The van der Waals surface area contributed by atoms with Gasteiger partial charge in [0, 0.05) is 0 Å². The first-order chi connectivity index (χ1) is 10.1. The number of carboxylic acid groups (broad SMARTS) is 1. The Balaban J connectivity index is 3.53. The highest BCUT2D eigenvalue weighted by Gasteiger charge is 2.12. The molecule has 0 radical (unpaired) electrons. The Bertz CT molecular complexity index is 316. The predicted octanol–water partition coefficient (Wildman–Crippen LogP) is 5.39. The fourth-order valence-corrected chi connectivity index (χ4v) is 2.59. The molecule has 2 atom stereocenters. The maximum absolute atomic E-state index is 13.5. The van der Waals surface area contributed by atoms with Gasteiger partial charge >= 0.3 is 5.97 Å². The number of rotatable bonds is 13. The van der Waals surface area contributed by atoms with Crippen molar-refractivity contribution in [1.29, 1.82) is 0 Å². The summed E-state index contributed by atoms with van der Waals surface area (Å²) in [4.78, 5) is 10.6. The van der Waals surface area contributed by atoms with Gasteiger partial charge in [0.05, 0.1) is 5.25 Å². The van der Waals surface area contributed by atoms with E-state index in [2.05, 4.69) is 19.1 Å². The number of hydrogen-bond donors (Lipinski definition) is 1. The lowest BCUT2D eigenvalue weighted by Crippen LogP contribution is -2.13. The molecule has 0 rings (SSSR count). The van der Waals surface area contributed by atoms with E-state index < -0.39 is 17.4 Å². The number of unbranched alkanes of at least 4 members (excludes halogenated alkanes) is 3. The molecule has 2 unspecified atom stereocenters. The first-order valence-corrected chi connectivity index (χ1v) is 8.91. The van der Waals surface area contributed by atoms with Crippen molar-refractivity contribution >= 4 is 17.7 Å². The summed E-state index contributed by atoms with van der Waals surface area (Å²) in [6.07, 6.45) is 13.9. The summed E-state index contributed by atoms with van der Waals surface area (Å²) in [6.45, 7) is 3.83. The van der Waals surface area contributed by atoms with Crippen LogP contribution in [0.25, 0.3) is 0 Å². The normalized spacial score (nSPS) is 14.8. The molecule has 122 valence electrons. The summed E-state index contributed by atoms with van der Waals surface area (Å²) >= 11 is 1.29. The second-order valence-electron chi connectivity index (χ2n) is 5.15. The van der Waals surface area contributed by atoms with Crippen molar-refractivity contribution < 1.29 is 14.3 Å². The van der Waals surface area contributed by atoms with Crippen molar-refractivity contribution in [1.82, 2.24) is 0 Å². The second kappa shape index (κ2) is 14.2. The van der Waals surface area contributed by atoms with Crippen LogP contribution in [0.1, 0.15) is 58.8 Å². The molecule has 4 heteroatoms. The maximum Gasteiger partial charge on any atom is 0.316 e. The molecule has 0 heterocycles. The zero-order chi connectivity index (χ0) is 15.9. The van der Waals surface area contributed by atoms with E-state index in [0.29, 0.717) is 18.6 Å². The number of halogens is 1. The van der Waals surface area contributed by atoms with Gasteiger partial charge < -0.3 is 5.11 Å². The van der Waals surface area contributed by atoms with E-state index in [-0.39, 0.29) is 0 Å². The lowest BCUT2D eigenvalue weighted by Gasteiger charge is -2.07. The summed E-state index contributed by atoms with van der Waals surface area (Å²) in [7, 11) is 0. The van der Waals surface area contributed by atoms with Crippen molar-refractivity contribution in [2.24, 2.45) is 0 Å². The monoisotopic (exact) mass is 315 g/mol. The van der Waals surface area contributed by atoms with Crippen LogP contribution in [-0.2, 0) is 4.79 Å². The molecule has 2 nitrogen and oxygen atoms in total. The minimum Gasteiger partial charge on any atom is -0.480 e. The minimum absolute atomic E-state index is 0.416. The highest BCUT2D eigenvalue weighted by Crippen LogP contribution is 2.15. The Morgan fingerprint density at radius 3 is 2.62 bits per heavy atom. The average Bonchev–Trinajstić information content (AvgIpc) is 2.45. The Morgan fingerprint density at radius 1 is 1.24 bits per heavy atom. The van der Waals surface area contributed by atoms with Gasteiger partial charge in [-0.1, -0.05) is 44.1 Å². The van der Waals surface area contributed by atoms with Gasteiger partial charge in [0.25, 0.3) is 0 Å². The van der Waals surface area contributed by atoms with E-state index in [4.69, 9.17) is 5.11 Å². The molecule has 0 aromatic heterocycles. The number of allylic oxidation sites excluding steroid dienone is 4. The number of carbonyl (C=O) groups is 1. The molecule has 0 aliphatic heterocycles. The van der Waals surface area contributed by atoms with Crippen LogP contribution < -0.4 is 0 Å². The Kier molecular flexibility index (Phi) is 13.7. The van der Waals surface area contributed by atoms with Crippen molar-refractivity contribution in [2.75, 3.05) is 5.75 Å². The summed E-state index contributed by atoms with van der Waals surface area (Å²) < 4.78 is 13.5. The number of aliphatic carboxylic acids is 1. The van der Waals surface area contributed by atoms with E-state index in [9.17, 15) is 9.18 Å². The summed E-state index contributed by atoms with van der Waals surface area (Å²) in [6, 6.07) is 0. The topological polar surface area (TPSA) is 37.3 Å². The van der Waals surface area contributed by atoms with E-state index in [1.807, 2.05) is 12.2 Å². The van der Waals surface area contributed by atoms with Gasteiger partial charge in [-0.05, 0) is 44.8 Å². The van der Waals surface area contributed by atoms with Gasteiger partial charge in [-0.3, -0.25) is 4.79 Å². The van der Waals surface area contributed by atoms with E-state index in [0.717, 1.165) is 12.8 Å². The van der Waals surface area contributed by atoms with Gasteiger partial charge in [-0.25, -0.2) is 4.39 Å². The third-order valence-corrected chi connectivity index (χ3v) is 4.29. The molecule has 21 heavy (non-hydrogen) atoms. The largest absolute Gasteiger partial charge is 0.480 e. The molecule has 1 N–H and O–H groups in total. The molecule has 0 saturated heterocycles. The average molecular weight is 315 g/mol. The van der Waals surface area contributed by atoms with E-state index >= 15 is 0 Å². The van der Waals surface area contributed by atoms with Crippen LogP contribution in [0.4, 0.5) is 4.39 Å². The Morgan fingerprint density at radius 2 is 1.95 bits per heavy atom. The summed E-state index contributed by atoms with van der Waals surface area (Å²) in [5, 5.41) is 8.25. The molecular weight excluding hydrogens is 286 g/mol. The van der Waals surface area contributed by atoms with E-state index in [1.54, 1.807) is 6.92 Å². The number of thioether (sulfide) groups is 1. The molecule has 0 fully saturated rings. The Hall–Kier alpha value is -0.770. The summed E-state index contributed by atoms with van der Waals surface area (Å²) in [5.41, 5.74) is 0. The van der Waals surface area contributed by atoms with Crippen LogP contribution >= 0.6 is 11.8 Å². The van der Waals surface area contributed by atoms with Crippen LogP contribution in [0.3, 0.4) is 0 Å². The summed E-state index contributed by atoms with van der Waals surface area (Å²) in [5.74, 6) is -0.277. The molecule has 0 spiro atoms. The predicted molar refractivity (Wildman–Crippen MR) is 90.7 cm³/mol. The van der Waals surface area contributed by atoms with Gasteiger partial charge in [0.1, 0.15) is 6.17 Å². The lowest BCUT2D eigenvalue weighted by molar-refractivity contribution is -0.136. The fourth-order valence-electron chi connectivity index (χ4n) is 1.71. The first kappa shape index (κ1) is 20.2. The molecule has 0 aromatic carbocycles. The van der Waals surface area contributed by atoms with Gasteiger partial charge in [0.15, 0.2) is 0 Å². The van der Waals surface area contributed by atoms with Crippen molar-refractivity contribution in [3.63, 3.8) is 0 Å². The SMILES string of the molecule is CCCCC/C=C\C/C=C\CC([18F])CCSC(C)C(=O)O. The van der Waals surface area contributed by atoms with Crippen molar-refractivity contribution in [2.45, 2.75) is 70.2 Å². The van der Waals surface area contributed by atoms with Crippen LogP contribution in [0.15, 0.2) is 24.3 Å².